The smallest absolute Gasteiger partial charge is 0.319 e. The van der Waals surface area contributed by atoms with Crippen molar-refractivity contribution in [2.45, 2.75) is 32.4 Å². The fourth-order valence-electron chi connectivity index (χ4n) is 1.02. The maximum absolute atomic E-state index is 11.4. The van der Waals surface area contributed by atoms with Gasteiger partial charge in [0.2, 0.25) is 0 Å². The van der Waals surface area contributed by atoms with Gasteiger partial charge in [-0.2, -0.15) is 0 Å². The monoisotopic (exact) mass is 234 g/mol. The summed E-state index contributed by atoms with van der Waals surface area (Å²) < 4.78 is 9.65. The van der Waals surface area contributed by atoms with E-state index in [1.807, 2.05) is 6.92 Å². The van der Waals surface area contributed by atoms with Crippen molar-refractivity contribution in [1.29, 1.82) is 0 Å². The van der Waals surface area contributed by atoms with Gasteiger partial charge in [0.15, 0.2) is 0 Å². The number of hydrogen-bond acceptors (Lipinski definition) is 5. The Bertz CT molecular complexity index is 206. The highest BCUT2D eigenvalue weighted by Crippen LogP contribution is 2.16. The molecule has 1 atom stereocenters. The van der Waals surface area contributed by atoms with Crippen molar-refractivity contribution in [1.82, 2.24) is 0 Å². The van der Waals surface area contributed by atoms with E-state index in [-0.39, 0.29) is 18.4 Å². The summed E-state index contributed by atoms with van der Waals surface area (Å²) in [6, 6.07) is 0. The van der Waals surface area contributed by atoms with Crippen LogP contribution in [0.25, 0.3) is 0 Å². The molecule has 0 rings (SSSR count). The van der Waals surface area contributed by atoms with Gasteiger partial charge in [-0.1, -0.05) is 6.92 Å². The largest absolute Gasteiger partial charge is 0.466 e. The van der Waals surface area contributed by atoms with Crippen LogP contribution in [0.5, 0.6) is 0 Å². The van der Waals surface area contributed by atoms with Gasteiger partial charge < -0.3 is 9.47 Å². The highest BCUT2D eigenvalue weighted by Gasteiger charge is 2.23. The first-order valence-corrected chi connectivity index (χ1v) is 6.14. The van der Waals surface area contributed by atoms with Crippen LogP contribution < -0.4 is 0 Å². The zero-order valence-corrected chi connectivity index (χ0v) is 10.3. The van der Waals surface area contributed by atoms with Crippen molar-refractivity contribution >= 4 is 23.7 Å². The molecule has 0 aromatic carbocycles. The van der Waals surface area contributed by atoms with E-state index in [1.165, 1.54) is 11.8 Å². The maximum Gasteiger partial charge on any atom is 0.319 e. The number of esters is 2. The van der Waals surface area contributed by atoms with Gasteiger partial charge >= 0.3 is 11.9 Å². The average molecular weight is 234 g/mol. The van der Waals surface area contributed by atoms with Gasteiger partial charge in [-0.3, -0.25) is 9.59 Å². The number of carbonyl (C=O) groups excluding carboxylic acids is 2. The zero-order valence-electron chi connectivity index (χ0n) is 9.45. The minimum atomic E-state index is -0.436. The van der Waals surface area contributed by atoms with Crippen LogP contribution in [-0.2, 0) is 19.1 Å². The van der Waals surface area contributed by atoms with Gasteiger partial charge in [-0.25, -0.2) is 0 Å². The van der Waals surface area contributed by atoms with E-state index in [4.69, 9.17) is 9.47 Å². The summed E-state index contributed by atoms with van der Waals surface area (Å²) in [5.74, 6) is 0.0806. The molecular formula is C10H18O4S. The van der Waals surface area contributed by atoms with Crippen LogP contribution in [0, 0.1) is 0 Å². The SMILES string of the molecule is CCOC(=O)C[C@H](SCC)C(=O)OCC. The Labute approximate surface area is 94.7 Å². The third kappa shape index (κ3) is 6.38. The Morgan fingerprint density at radius 2 is 1.73 bits per heavy atom. The van der Waals surface area contributed by atoms with E-state index in [0.717, 1.165) is 5.75 Å². The van der Waals surface area contributed by atoms with Crippen LogP contribution in [0.3, 0.4) is 0 Å². The summed E-state index contributed by atoms with van der Waals surface area (Å²) in [5, 5.41) is -0.436. The molecule has 0 aliphatic heterocycles. The molecule has 0 aromatic heterocycles. The van der Waals surface area contributed by atoms with Gasteiger partial charge in [0.25, 0.3) is 0 Å². The highest BCUT2D eigenvalue weighted by molar-refractivity contribution is 8.00. The standard InChI is InChI=1S/C10H18O4S/c1-4-13-9(11)7-8(15-6-3)10(12)14-5-2/h8H,4-7H2,1-3H3/t8-/m0/s1. The molecule has 0 amide bonds. The van der Waals surface area contributed by atoms with Crippen molar-refractivity contribution in [2.24, 2.45) is 0 Å². The van der Waals surface area contributed by atoms with Crippen molar-refractivity contribution in [3.8, 4) is 0 Å². The van der Waals surface area contributed by atoms with Gasteiger partial charge in [0.1, 0.15) is 5.25 Å². The van der Waals surface area contributed by atoms with Crippen LogP contribution >= 0.6 is 11.8 Å². The molecule has 4 nitrogen and oxygen atoms in total. The fraction of sp³-hybridized carbons (Fsp3) is 0.800. The van der Waals surface area contributed by atoms with Crippen molar-refractivity contribution in [3.63, 3.8) is 0 Å². The lowest BCUT2D eigenvalue weighted by atomic mass is 10.3. The molecule has 0 N–H and O–H groups in total. The number of carbonyl (C=O) groups is 2. The molecule has 0 saturated heterocycles. The third-order valence-corrected chi connectivity index (χ3v) is 2.67. The summed E-state index contributed by atoms with van der Waals surface area (Å²) >= 11 is 1.40. The van der Waals surface area contributed by atoms with Gasteiger partial charge in [0.05, 0.1) is 19.6 Å². The predicted molar refractivity (Wildman–Crippen MR) is 59.8 cm³/mol. The third-order valence-electron chi connectivity index (χ3n) is 1.57. The number of ether oxygens (including phenoxy) is 2. The zero-order chi connectivity index (χ0) is 11.7. The molecule has 0 spiro atoms. The summed E-state index contributed by atoms with van der Waals surface area (Å²) in [4.78, 5) is 22.6. The normalized spacial score (nSPS) is 11.9. The lowest BCUT2D eigenvalue weighted by molar-refractivity contribution is -0.149. The molecule has 88 valence electrons. The molecule has 0 radical (unpaired) electrons. The first-order chi connectivity index (χ1) is 7.15. The second-order valence-corrected chi connectivity index (χ2v) is 4.18. The second kappa shape index (κ2) is 8.59. The molecule has 0 saturated carbocycles. The van der Waals surface area contributed by atoms with E-state index >= 15 is 0 Å². The van der Waals surface area contributed by atoms with E-state index in [1.54, 1.807) is 13.8 Å². The van der Waals surface area contributed by atoms with Crippen LogP contribution in [0.1, 0.15) is 27.2 Å². The first kappa shape index (κ1) is 14.3. The quantitative estimate of drug-likeness (QED) is 0.627. The Morgan fingerprint density at radius 3 is 2.20 bits per heavy atom. The average Bonchev–Trinajstić information content (AvgIpc) is 2.18. The van der Waals surface area contributed by atoms with Gasteiger partial charge in [0, 0.05) is 0 Å². The molecule has 0 aromatic rings. The Kier molecular flexibility index (Phi) is 8.18. The van der Waals surface area contributed by atoms with E-state index in [9.17, 15) is 9.59 Å². The highest BCUT2D eigenvalue weighted by atomic mass is 32.2. The van der Waals surface area contributed by atoms with Crippen molar-refractivity contribution in [2.75, 3.05) is 19.0 Å². The minimum Gasteiger partial charge on any atom is -0.466 e. The summed E-state index contributed by atoms with van der Waals surface area (Å²) in [5.41, 5.74) is 0. The van der Waals surface area contributed by atoms with Gasteiger partial charge in [-0.05, 0) is 19.6 Å². The van der Waals surface area contributed by atoms with Crippen molar-refractivity contribution in [3.05, 3.63) is 0 Å². The molecule has 15 heavy (non-hydrogen) atoms. The summed E-state index contributed by atoms with van der Waals surface area (Å²) in [6.07, 6.45) is 0.0885. The van der Waals surface area contributed by atoms with Crippen LogP contribution in [0.2, 0.25) is 0 Å². The number of rotatable bonds is 7. The topological polar surface area (TPSA) is 52.6 Å². The van der Waals surface area contributed by atoms with Crippen LogP contribution in [-0.4, -0.2) is 36.2 Å². The van der Waals surface area contributed by atoms with Gasteiger partial charge in [-0.15, -0.1) is 11.8 Å². The number of hydrogen-bond donors (Lipinski definition) is 0. The minimum absolute atomic E-state index is 0.0885. The molecular weight excluding hydrogens is 216 g/mol. The fourth-order valence-corrected chi connectivity index (χ4v) is 1.88. The van der Waals surface area contributed by atoms with Crippen molar-refractivity contribution < 1.29 is 19.1 Å². The molecule has 0 aliphatic rings. The summed E-state index contributed by atoms with van der Waals surface area (Å²) in [7, 11) is 0. The molecule has 5 heteroatoms. The lowest BCUT2D eigenvalue weighted by Gasteiger charge is -2.13. The first-order valence-electron chi connectivity index (χ1n) is 5.09. The Morgan fingerprint density at radius 1 is 1.13 bits per heavy atom. The van der Waals surface area contributed by atoms with Crippen LogP contribution in [0.4, 0.5) is 0 Å². The Hall–Kier alpha value is -0.710. The molecule has 0 bridgehead atoms. The van der Waals surface area contributed by atoms with Crippen LogP contribution in [0.15, 0.2) is 0 Å². The predicted octanol–water partition coefficient (Wildman–Crippen LogP) is 1.62. The van der Waals surface area contributed by atoms with E-state index in [2.05, 4.69) is 0 Å². The lowest BCUT2D eigenvalue weighted by Crippen LogP contribution is -2.24. The second-order valence-electron chi connectivity index (χ2n) is 2.71. The molecule has 0 fully saturated rings. The summed E-state index contributed by atoms with van der Waals surface area (Å²) in [6.45, 7) is 6.09. The van der Waals surface area contributed by atoms with E-state index in [0.29, 0.717) is 13.2 Å². The van der Waals surface area contributed by atoms with E-state index < -0.39 is 5.25 Å². The molecule has 0 heterocycles. The molecule has 0 aliphatic carbocycles. The molecule has 0 unspecified atom stereocenters. The number of thioether (sulfide) groups is 1. The Balaban J connectivity index is 4.13. The maximum atomic E-state index is 11.4.